The van der Waals surface area contributed by atoms with Crippen LogP contribution >= 0.6 is 0 Å². The zero-order chi connectivity index (χ0) is 28.5. The maximum absolute atomic E-state index is 13.0. The molecule has 0 aromatic carbocycles. The van der Waals surface area contributed by atoms with Crippen molar-refractivity contribution in [3.63, 3.8) is 0 Å². The highest BCUT2D eigenvalue weighted by atomic mass is 16.4. The van der Waals surface area contributed by atoms with Gasteiger partial charge in [-0.3, -0.25) is 24.2 Å². The van der Waals surface area contributed by atoms with Crippen molar-refractivity contribution in [3.8, 4) is 0 Å². The summed E-state index contributed by atoms with van der Waals surface area (Å²) in [6.07, 6.45) is 1.33. The number of hydrogen-bond acceptors (Lipinski definition) is 8. The number of hydrogen-bond donors (Lipinski definition) is 9. The van der Waals surface area contributed by atoms with Crippen molar-refractivity contribution < 1.29 is 29.1 Å². The number of carbonyl (C=O) groups is 5. The van der Waals surface area contributed by atoms with Crippen molar-refractivity contribution in [1.29, 1.82) is 0 Å². The molecule has 0 saturated carbocycles. The summed E-state index contributed by atoms with van der Waals surface area (Å²) in [7, 11) is 0. The number of unbranched alkanes of at least 4 members (excludes halogenated alkanes) is 1. The number of primary amides is 1. The van der Waals surface area contributed by atoms with Crippen LogP contribution < -0.4 is 44.6 Å². The maximum atomic E-state index is 13.0. The summed E-state index contributed by atoms with van der Waals surface area (Å²) in [5.41, 5.74) is 27.1. The SMILES string of the molecule is CC(C)CC(N)C(=O)NC(CCCCN)C(=O)NC(CC(N)=O)C(=O)NC(CCCN=C(N)N)C(=O)O. The van der Waals surface area contributed by atoms with Gasteiger partial charge in [-0.2, -0.15) is 0 Å². The molecule has 15 heteroatoms. The minimum atomic E-state index is -1.47. The second-order valence-corrected chi connectivity index (χ2v) is 9.16. The van der Waals surface area contributed by atoms with Crippen molar-refractivity contribution in [2.75, 3.05) is 13.1 Å². The zero-order valence-corrected chi connectivity index (χ0v) is 21.6. The van der Waals surface area contributed by atoms with Crippen LogP contribution in [0.5, 0.6) is 0 Å². The Balaban J connectivity index is 5.50. The number of carboxylic acid groups (broad SMARTS) is 1. The van der Waals surface area contributed by atoms with Gasteiger partial charge in [0.05, 0.1) is 12.5 Å². The van der Waals surface area contributed by atoms with Gasteiger partial charge in [0.1, 0.15) is 18.1 Å². The fourth-order valence-corrected chi connectivity index (χ4v) is 3.37. The Morgan fingerprint density at radius 1 is 0.811 bits per heavy atom. The molecule has 14 N–H and O–H groups in total. The summed E-state index contributed by atoms with van der Waals surface area (Å²) >= 11 is 0. The van der Waals surface area contributed by atoms with Crippen LogP contribution in [-0.4, -0.2) is 77.9 Å². The van der Waals surface area contributed by atoms with Crippen LogP contribution in [0.1, 0.15) is 58.8 Å². The van der Waals surface area contributed by atoms with Crippen LogP contribution in [0.2, 0.25) is 0 Å². The van der Waals surface area contributed by atoms with Crippen LogP contribution in [0.25, 0.3) is 0 Å². The molecule has 0 rings (SSSR count). The topological polar surface area (TPSA) is 284 Å². The standard InChI is InChI=1S/C22H43N9O6/c1-12(2)10-13(24)18(33)29-14(6-3-4-8-23)19(34)31-16(11-17(25)32)20(35)30-15(21(36)37)7-5-9-28-22(26)27/h12-16H,3-11,23-24H2,1-2H3,(H2,25,32)(H,29,33)(H,30,35)(H,31,34)(H,36,37)(H4,26,27,28). The van der Waals surface area contributed by atoms with Crippen LogP contribution in [0.4, 0.5) is 0 Å². The first-order valence-electron chi connectivity index (χ1n) is 12.2. The lowest BCUT2D eigenvalue weighted by Crippen LogP contribution is -2.57. The Morgan fingerprint density at radius 3 is 1.86 bits per heavy atom. The molecule has 0 aliphatic carbocycles. The molecule has 0 bridgehead atoms. The lowest BCUT2D eigenvalue weighted by Gasteiger charge is -2.25. The number of guanidine groups is 1. The Bertz CT molecular complexity index is 802. The third-order valence-electron chi connectivity index (χ3n) is 5.24. The van der Waals surface area contributed by atoms with Crippen molar-refractivity contribution >= 4 is 35.6 Å². The molecule has 0 saturated heterocycles. The van der Waals surface area contributed by atoms with Gasteiger partial charge >= 0.3 is 5.97 Å². The number of amides is 4. The van der Waals surface area contributed by atoms with E-state index in [0.717, 1.165) is 0 Å². The Morgan fingerprint density at radius 2 is 1.35 bits per heavy atom. The first kappa shape index (κ1) is 33.5. The van der Waals surface area contributed by atoms with E-state index >= 15 is 0 Å². The van der Waals surface area contributed by atoms with Crippen molar-refractivity contribution in [3.05, 3.63) is 0 Å². The van der Waals surface area contributed by atoms with Crippen molar-refractivity contribution in [2.24, 2.45) is 39.6 Å². The van der Waals surface area contributed by atoms with E-state index in [1.807, 2.05) is 13.8 Å². The summed E-state index contributed by atoms with van der Waals surface area (Å²) in [5, 5.41) is 16.7. The zero-order valence-electron chi connectivity index (χ0n) is 21.6. The summed E-state index contributed by atoms with van der Waals surface area (Å²) in [6.45, 7) is 4.32. The van der Waals surface area contributed by atoms with E-state index in [4.69, 9.17) is 28.7 Å². The van der Waals surface area contributed by atoms with Crippen LogP contribution in [0.3, 0.4) is 0 Å². The number of aliphatic imine (C=N–C) groups is 1. The largest absolute Gasteiger partial charge is 0.480 e. The maximum Gasteiger partial charge on any atom is 0.326 e. The molecule has 0 aliphatic rings. The molecule has 212 valence electrons. The number of aliphatic carboxylic acids is 1. The number of nitrogens with zero attached hydrogens (tertiary/aromatic N) is 1. The number of carboxylic acids is 1. The molecule has 0 spiro atoms. The van der Waals surface area contributed by atoms with Gasteiger partial charge in [0.2, 0.25) is 23.6 Å². The third kappa shape index (κ3) is 15.3. The van der Waals surface area contributed by atoms with Gasteiger partial charge in [-0.05, 0) is 51.0 Å². The molecule has 0 fully saturated rings. The molecule has 4 amide bonds. The fourth-order valence-electron chi connectivity index (χ4n) is 3.37. The average molecular weight is 530 g/mol. The van der Waals surface area contributed by atoms with Gasteiger partial charge in [0, 0.05) is 6.54 Å². The summed E-state index contributed by atoms with van der Waals surface area (Å²) < 4.78 is 0. The van der Waals surface area contributed by atoms with Gasteiger partial charge in [-0.25, -0.2) is 4.79 Å². The molecule has 0 aliphatic heterocycles. The second-order valence-electron chi connectivity index (χ2n) is 9.16. The van der Waals surface area contributed by atoms with E-state index in [0.29, 0.717) is 25.8 Å². The predicted molar refractivity (Wildman–Crippen MR) is 137 cm³/mol. The highest BCUT2D eigenvalue weighted by molar-refractivity contribution is 5.96. The van der Waals surface area contributed by atoms with Gasteiger partial charge < -0.3 is 49.7 Å². The highest BCUT2D eigenvalue weighted by Crippen LogP contribution is 2.07. The molecular formula is C22H43N9O6. The number of rotatable bonds is 19. The molecule has 37 heavy (non-hydrogen) atoms. The molecule has 0 aromatic heterocycles. The van der Waals surface area contributed by atoms with Gasteiger partial charge in [0.25, 0.3) is 0 Å². The Hall–Kier alpha value is -3.46. The molecule has 0 aromatic rings. The third-order valence-corrected chi connectivity index (χ3v) is 5.24. The van der Waals surface area contributed by atoms with Gasteiger partial charge in [-0.15, -0.1) is 0 Å². The number of nitrogens with one attached hydrogen (secondary N) is 3. The molecule has 15 nitrogen and oxygen atoms in total. The van der Waals surface area contributed by atoms with Gasteiger partial charge in [-0.1, -0.05) is 13.8 Å². The Kier molecular flexibility index (Phi) is 16.2. The van der Waals surface area contributed by atoms with Crippen molar-refractivity contribution in [2.45, 2.75) is 83.0 Å². The van der Waals surface area contributed by atoms with E-state index in [-0.39, 0.29) is 37.7 Å². The van der Waals surface area contributed by atoms with Crippen LogP contribution in [0, 0.1) is 5.92 Å². The molecule has 0 radical (unpaired) electrons. The number of carbonyl (C=O) groups excluding carboxylic acids is 4. The Labute approximate surface area is 216 Å². The first-order chi connectivity index (χ1) is 17.3. The van der Waals surface area contributed by atoms with Crippen molar-refractivity contribution in [1.82, 2.24) is 16.0 Å². The average Bonchev–Trinajstić information content (AvgIpc) is 2.78. The lowest BCUT2D eigenvalue weighted by molar-refractivity contribution is -0.142. The summed E-state index contributed by atoms with van der Waals surface area (Å²) in [4.78, 5) is 65.3. The van der Waals surface area contributed by atoms with Gasteiger partial charge in [0.15, 0.2) is 5.96 Å². The molecule has 4 unspecified atom stereocenters. The normalized spacial score (nSPS) is 14.1. The minimum Gasteiger partial charge on any atom is -0.480 e. The van der Waals surface area contributed by atoms with E-state index in [9.17, 15) is 29.1 Å². The van der Waals surface area contributed by atoms with E-state index < -0.39 is 60.2 Å². The first-order valence-corrected chi connectivity index (χ1v) is 12.2. The smallest absolute Gasteiger partial charge is 0.326 e. The number of nitrogens with two attached hydrogens (primary N) is 5. The summed E-state index contributed by atoms with van der Waals surface area (Å²) in [5.74, 6) is -4.44. The second kappa shape index (κ2) is 17.9. The van der Waals surface area contributed by atoms with Crippen LogP contribution in [0.15, 0.2) is 4.99 Å². The molecule has 4 atom stereocenters. The lowest BCUT2D eigenvalue weighted by atomic mass is 10.0. The van der Waals surface area contributed by atoms with E-state index in [1.54, 1.807) is 0 Å². The fraction of sp³-hybridized carbons (Fsp3) is 0.727. The quantitative estimate of drug-likeness (QED) is 0.0463. The molecule has 0 heterocycles. The minimum absolute atomic E-state index is 0.0133. The van der Waals surface area contributed by atoms with Crippen LogP contribution in [-0.2, 0) is 24.0 Å². The summed E-state index contributed by atoms with van der Waals surface area (Å²) in [6, 6.07) is -4.70. The van der Waals surface area contributed by atoms with E-state index in [1.165, 1.54) is 0 Å². The highest BCUT2D eigenvalue weighted by Gasteiger charge is 2.31. The predicted octanol–water partition coefficient (Wildman–Crippen LogP) is -3.04. The van der Waals surface area contributed by atoms with E-state index in [2.05, 4.69) is 20.9 Å². The monoisotopic (exact) mass is 529 g/mol. The molecular weight excluding hydrogens is 486 g/mol.